The maximum Gasteiger partial charge on any atom is 0.274 e. The molecule has 1 saturated heterocycles. The van der Waals surface area contributed by atoms with Gasteiger partial charge in [0.25, 0.3) is 5.91 Å². The summed E-state index contributed by atoms with van der Waals surface area (Å²) >= 11 is 0. The molecule has 1 amide bonds. The Morgan fingerprint density at radius 2 is 1.93 bits per heavy atom. The molecule has 0 aliphatic carbocycles. The summed E-state index contributed by atoms with van der Waals surface area (Å²) < 4.78 is 5.35. The van der Waals surface area contributed by atoms with Crippen LogP contribution in [0.5, 0.6) is 0 Å². The van der Waals surface area contributed by atoms with Crippen LogP contribution in [0.4, 0.5) is 11.6 Å². The van der Waals surface area contributed by atoms with Gasteiger partial charge in [0, 0.05) is 38.1 Å². The van der Waals surface area contributed by atoms with Crippen molar-refractivity contribution in [1.82, 2.24) is 14.9 Å². The molecule has 7 nitrogen and oxygen atoms in total. The maximum atomic E-state index is 12.7. The summed E-state index contributed by atoms with van der Waals surface area (Å²) in [7, 11) is 0. The van der Waals surface area contributed by atoms with Gasteiger partial charge in [0.1, 0.15) is 5.69 Å². The number of aromatic nitrogens is 2. The Morgan fingerprint density at radius 3 is 2.68 bits per heavy atom. The number of carbonyl (C=O) groups excluding carboxylic acids is 1. The van der Waals surface area contributed by atoms with Crippen LogP contribution >= 0.6 is 0 Å². The molecule has 1 fully saturated rings. The smallest absolute Gasteiger partial charge is 0.274 e. The molecule has 0 unspecified atom stereocenters. The lowest BCUT2D eigenvalue weighted by Gasteiger charge is -2.26. The molecular weight excluding hydrogens is 354 g/mol. The largest absolute Gasteiger partial charge is 0.379 e. The monoisotopic (exact) mass is 383 g/mol. The van der Waals surface area contributed by atoms with Gasteiger partial charge in [-0.15, -0.1) is 0 Å². The van der Waals surface area contributed by atoms with Gasteiger partial charge in [-0.05, 0) is 23.1 Å². The van der Waals surface area contributed by atoms with Crippen molar-refractivity contribution in [2.75, 3.05) is 50.0 Å². The van der Waals surface area contributed by atoms with E-state index in [0.29, 0.717) is 11.6 Å². The number of rotatable bonds is 6. The zero-order valence-corrected chi connectivity index (χ0v) is 16.9. The van der Waals surface area contributed by atoms with E-state index >= 15 is 0 Å². The van der Waals surface area contributed by atoms with Crippen molar-refractivity contribution < 1.29 is 9.53 Å². The van der Waals surface area contributed by atoms with Gasteiger partial charge in [-0.2, -0.15) is 0 Å². The standard InChI is InChI=1S/C21H29N5O2/c1-21(2,3)16-6-4-5-7-17(16)24-19(27)18-8-9-22-20(25-18)23-10-11-26-12-14-28-15-13-26/h4-9H,10-15H2,1-3H3,(H,24,27)(H,22,23,25). The van der Waals surface area contributed by atoms with E-state index in [1.54, 1.807) is 12.3 Å². The molecule has 0 atom stereocenters. The average molecular weight is 383 g/mol. The predicted molar refractivity (Wildman–Crippen MR) is 111 cm³/mol. The molecule has 1 aliphatic heterocycles. The molecule has 28 heavy (non-hydrogen) atoms. The Morgan fingerprint density at radius 1 is 1.18 bits per heavy atom. The van der Waals surface area contributed by atoms with Crippen molar-refractivity contribution in [3.63, 3.8) is 0 Å². The fourth-order valence-electron chi connectivity index (χ4n) is 3.15. The van der Waals surface area contributed by atoms with Crippen molar-refractivity contribution in [2.45, 2.75) is 26.2 Å². The number of nitrogens with zero attached hydrogens (tertiary/aromatic N) is 3. The zero-order chi connectivity index (χ0) is 20.0. The van der Waals surface area contributed by atoms with Crippen LogP contribution in [0.25, 0.3) is 0 Å². The topological polar surface area (TPSA) is 79.4 Å². The number of ether oxygens (including phenoxy) is 1. The molecule has 150 valence electrons. The van der Waals surface area contributed by atoms with Crippen LogP contribution in [0.1, 0.15) is 36.8 Å². The summed E-state index contributed by atoms with van der Waals surface area (Å²) in [6, 6.07) is 9.48. The molecule has 0 bridgehead atoms. The lowest BCUT2D eigenvalue weighted by Crippen LogP contribution is -2.39. The van der Waals surface area contributed by atoms with E-state index in [-0.39, 0.29) is 11.3 Å². The van der Waals surface area contributed by atoms with Crippen LogP contribution in [-0.4, -0.2) is 60.2 Å². The van der Waals surface area contributed by atoms with E-state index < -0.39 is 0 Å². The lowest BCUT2D eigenvalue weighted by atomic mass is 9.86. The average Bonchev–Trinajstić information content (AvgIpc) is 2.69. The molecule has 2 heterocycles. The number of hydrogen-bond acceptors (Lipinski definition) is 6. The number of hydrogen-bond donors (Lipinski definition) is 2. The van der Waals surface area contributed by atoms with Gasteiger partial charge in [0.15, 0.2) is 0 Å². The summed E-state index contributed by atoms with van der Waals surface area (Å²) in [5, 5.41) is 6.19. The molecule has 1 aliphatic rings. The minimum atomic E-state index is -0.240. The fraction of sp³-hybridized carbons (Fsp3) is 0.476. The first-order chi connectivity index (χ1) is 13.4. The summed E-state index contributed by atoms with van der Waals surface area (Å²) in [4.78, 5) is 23.6. The number of morpholine rings is 1. The van der Waals surface area contributed by atoms with E-state index in [2.05, 4.69) is 46.3 Å². The molecule has 1 aromatic heterocycles. The van der Waals surface area contributed by atoms with Crippen molar-refractivity contribution >= 4 is 17.5 Å². The number of nitrogens with one attached hydrogen (secondary N) is 2. The summed E-state index contributed by atoms with van der Waals surface area (Å²) in [6.45, 7) is 11.4. The summed E-state index contributed by atoms with van der Waals surface area (Å²) in [6.07, 6.45) is 1.61. The van der Waals surface area contributed by atoms with Crippen molar-refractivity contribution in [3.05, 3.63) is 47.8 Å². The first-order valence-electron chi connectivity index (χ1n) is 9.71. The Hall–Kier alpha value is -2.51. The third-order valence-electron chi connectivity index (χ3n) is 4.69. The van der Waals surface area contributed by atoms with Crippen molar-refractivity contribution in [2.24, 2.45) is 0 Å². The third-order valence-corrected chi connectivity index (χ3v) is 4.69. The van der Waals surface area contributed by atoms with Crippen molar-refractivity contribution in [1.29, 1.82) is 0 Å². The normalized spacial score (nSPS) is 15.2. The fourth-order valence-corrected chi connectivity index (χ4v) is 3.15. The van der Waals surface area contributed by atoms with E-state index in [0.717, 1.165) is 50.6 Å². The summed E-state index contributed by atoms with van der Waals surface area (Å²) in [5.41, 5.74) is 2.16. The first kappa shape index (κ1) is 20.2. The molecular formula is C21H29N5O2. The molecule has 0 spiro atoms. The van der Waals surface area contributed by atoms with Crippen LogP contribution in [0.3, 0.4) is 0 Å². The molecule has 2 N–H and O–H groups in total. The maximum absolute atomic E-state index is 12.7. The molecule has 0 radical (unpaired) electrons. The second-order valence-electron chi connectivity index (χ2n) is 7.90. The van der Waals surface area contributed by atoms with E-state index in [1.165, 1.54) is 0 Å². The number of amides is 1. The third kappa shape index (κ3) is 5.50. The summed E-state index contributed by atoms with van der Waals surface area (Å²) in [5.74, 6) is 0.223. The minimum absolute atomic E-state index is 0.0677. The molecule has 3 rings (SSSR count). The van der Waals surface area contributed by atoms with Gasteiger partial charge < -0.3 is 15.4 Å². The Labute approximate surface area is 166 Å². The second-order valence-corrected chi connectivity index (χ2v) is 7.90. The first-order valence-corrected chi connectivity index (χ1v) is 9.71. The molecule has 1 aromatic carbocycles. The van der Waals surface area contributed by atoms with Crippen molar-refractivity contribution in [3.8, 4) is 0 Å². The van der Waals surface area contributed by atoms with Crippen LogP contribution < -0.4 is 10.6 Å². The SMILES string of the molecule is CC(C)(C)c1ccccc1NC(=O)c1ccnc(NCCN2CCOCC2)n1. The van der Waals surface area contributed by atoms with Gasteiger partial charge in [-0.1, -0.05) is 39.0 Å². The highest BCUT2D eigenvalue weighted by molar-refractivity contribution is 6.03. The van der Waals surface area contributed by atoms with E-state index in [1.807, 2.05) is 24.3 Å². The zero-order valence-electron chi connectivity index (χ0n) is 16.9. The number of para-hydroxylation sites is 1. The van der Waals surface area contributed by atoms with Gasteiger partial charge in [-0.3, -0.25) is 9.69 Å². The quantitative estimate of drug-likeness (QED) is 0.799. The highest BCUT2D eigenvalue weighted by atomic mass is 16.5. The molecule has 2 aromatic rings. The Bertz CT molecular complexity index is 797. The highest BCUT2D eigenvalue weighted by Crippen LogP contribution is 2.29. The lowest BCUT2D eigenvalue weighted by molar-refractivity contribution is 0.0398. The number of benzene rings is 1. The van der Waals surface area contributed by atoms with Gasteiger partial charge in [0.2, 0.25) is 5.95 Å². The van der Waals surface area contributed by atoms with E-state index in [9.17, 15) is 4.79 Å². The van der Waals surface area contributed by atoms with Crippen LogP contribution in [0.15, 0.2) is 36.5 Å². The number of anilines is 2. The Kier molecular flexibility index (Phi) is 6.59. The Balaban J connectivity index is 1.61. The van der Waals surface area contributed by atoms with E-state index in [4.69, 9.17) is 4.74 Å². The molecule has 0 saturated carbocycles. The second kappa shape index (κ2) is 9.12. The van der Waals surface area contributed by atoms with Gasteiger partial charge in [0.05, 0.1) is 13.2 Å². The van der Waals surface area contributed by atoms with Crippen LogP contribution in [0.2, 0.25) is 0 Å². The van der Waals surface area contributed by atoms with Gasteiger partial charge >= 0.3 is 0 Å². The van der Waals surface area contributed by atoms with Crippen LogP contribution in [-0.2, 0) is 10.2 Å². The van der Waals surface area contributed by atoms with Crippen LogP contribution in [0, 0.1) is 0 Å². The highest BCUT2D eigenvalue weighted by Gasteiger charge is 2.19. The number of carbonyl (C=O) groups is 1. The predicted octanol–water partition coefficient (Wildman–Crippen LogP) is 2.77. The molecule has 7 heteroatoms. The minimum Gasteiger partial charge on any atom is -0.379 e. The van der Waals surface area contributed by atoms with Gasteiger partial charge in [-0.25, -0.2) is 9.97 Å².